The van der Waals surface area contributed by atoms with Crippen molar-refractivity contribution in [1.29, 1.82) is 0 Å². The molecule has 0 N–H and O–H groups in total. The maximum absolute atomic E-state index is 14.5. The Hall–Kier alpha value is -2.92. The number of benzene rings is 1. The predicted octanol–water partition coefficient (Wildman–Crippen LogP) is 2.83. The van der Waals surface area contributed by atoms with Gasteiger partial charge < -0.3 is 9.64 Å². The fraction of sp³-hybridized carbons (Fsp3) is 0.400. The summed E-state index contributed by atoms with van der Waals surface area (Å²) in [6.45, 7) is 2.58. The number of rotatable bonds is 8. The molecular formula is C20H20ClF3N6O2. The fourth-order valence-corrected chi connectivity index (χ4v) is 3.61. The van der Waals surface area contributed by atoms with E-state index in [1.54, 1.807) is 10.7 Å². The average Bonchev–Trinajstić information content (AvgIpc) is 3.10. The van der Waals surface area contributed by atoms with Gasteiger partial charge in [-0.1, -0.05) is 16.8 Å². The Bertz CT molecular complexity index is 1160. The number of alkyl halides is 2. The third-order valence-electron chi connectivity index (χ3n) is 5.15. The van der Waals surface area contributed by atoms with Crippen LogP contribution in [0.3, 0.4) is 0 Å². The first-order chi connectivity index (χ1) is 15.4. The first-order valence-corrected chi connectivity index (χ1v) is 10.3. The largest absolute Gasteiger partial charge is 0.369 e. The molecule has 3 aromatic rings. The third-order valence-corrected chi connectivity index (χ3v) is 5.38. The van der Waals surface area contributed by atoms with Gasteiger partial charge in [0.15, 0.2) is 0 Å². The molecule has 1 aliphatic heterocycles. The number of aryl methyl sites for hydroxylation is 1. The quantitative estimate of drug-likeness (QED) is 0.506. The summed E-state index contributed by atoms with van der Waals surface area (Å²) >= 11 is 5.84. The second-order valence-electron chi connectivity index (χ2n) is 7.29. The lowest BCUT2D eigenvalue weighted by molar-refractivity contribution is -0.0336. The van der Waals surface area contributed by atoms with Crippen LogP contribution < -0.4 is 10.5 Å². The molecule has 0 unspecified atom stereocenters. The van der Waals surface area contributed by atoms with Crippen molar-refractivity contribution in [3.63, 3.8) is 0 Å². The number of hydrogen-bond donors (Lipinski definition) is 0. The summed E-state index contributed by atoms with van der Waals surface area (Å²) in [5.41, 5.74) is 1.27. The van der Waals surface area contributed by atoms with Gasteiger partial charge in [-0.2, -0.15) is 5.10 Å². The molecule has 1 saturated heterocycles. The number of ether oxygens (including phenoxy) is 1. The van der Waals surface area contributed by atoms with Gasteiger partial charge in [-0.15, -0.1) is 5.10 Å². The number of anilines is 1. The van der Waals surface area contributed by atoms with Gasteiger partial charge in [-0.05, 0) is 25.1 Å². The van der Waals surface area contributed by atoms with Crippen molar-refractivity contribution in [3.8, 4) is 11.3 Å². The van der Waals surface area contributed by atoms with Crippen LogP contribution in [0.15, 0.2) is 35.3 Å². The van der Waals surface area contributed by atoms with Crippen molar-refractivity contribution < 1.29 is 17.9 Å². The minimum Gasteiger partial charge on any atom is -0.369 e. The van der Waals surface area contributed by atoms with Crippen LogP contribution in [0.1, 0.15) is 12.6 Å². The van der Waals surface area contributed by atoms with E-state index in [1.165, 1.54) is 29.1 Å². The molecule has 170 valence electrons. The van der Waals surface area contributed by atoms with Crippen LogP contribution in [0, 0.1) is 5.82 Å². The lowest BCUT2D eigenvalue weighted by Gasteiger charge is -2.40. The number of aromatic nitrogens is 5. The van der Waals surface area contributed by atoms with Gasteiger partial charge in [0.25, 0.3) is 12.0 Å². The third kappa shape index (κ3) is 4.63. The Morgan fingerprint density at radius 2 is 2.03 bits per heavy atom. The van der Waals surface area contributed by atoms with Crippen molar-refractivity contribution >= 4 is 17.3 Å². The molecule has 0 bridgehead atoms. The van der Waals surface area contributed by atoms with Gasteiger partial charge in [-0.3, -0.25) is 4.79 Å². The molecule has 4 rings (SSSR count). The number of halogens is 4. The van der Waals surface area contributed by atoms with Crippen LogP contribution in [0.5, 0.6) is 0 Å². The zero-order chi connectivity index (χ0) is 22.8. The molecule has 12 heteroatoms. The second kappa shape index (κ2) is 9.29. The summed E-state index contributed by atoms with van der Waals surface area (Å²) in [7, 11) is 0. The maximum Gasteiger partial charge on any atom is 0.269 e. The lowest BCUT2D eigenvalue weighted by atomic mass is 10.1. The highest BCUT2D eigenvalue weighted by molar-refractivity contribution is 6.30. The topological polar surface area (TPSA) is 78.1 Å². The van der Waals surface area contributed by atoms with Crippen LogP contribution in [0.4, 0.5) is 18.9 Å². The van der Waals surface area contributed by atoms with Crippen molar-refractivity contribution in [1.82, 2.24) is 24.8 Å². The van der Waals surface area contributed by atoms with Gasteiger partial charge in [0.1, 0.15) is 18.1 Å². The lowest BCUT2D eigenvalue weighted by Crippen LogP contribution is -2.53. The SMILES string of the molecule is CCn1nnc(-c2ccc(Cl)cc2F)c1Cn1ncc(N2CC(OCC(F)F)C2)cc1=O. The van der Waals surface area contributed by atoms with Crippen molar-refractivity contribution in [2.24, 2.45) is 0 Å². The first kappa shape index (κ1) is 22.3. The zero-order valence-corrected chi connectivity index (χ0v) is 17.8. The van der Waals surface area contributed by atoms with Crippen LogP contribution in [-0.2, 0) is 17.8 Å². The van der Waals surface area contributed by atoms with Crippen molar-refractivity contribution in [2.45, 2.75) is 32.5 Å². The highest BCUT2D eigenvalue weighted by atomic mass is 35.5. The molecular weight excluding hydrogens is 449 g/mol. The minimum absolute atomic E-state index is 0.0392. The van der Waals surface area contributed by atoms with Crippen LogP contribution in [-0.4, -0.2) is 57.0 Å². The second-order valence-corrected chi connectivity index (χ2v) is 7.72. The van der Waals surface area contributed by atoms with E-state index >= 15 is 0 Å². The highest BCUT2D eigenvalue weighted by Crippen LogP contribution is 2.27. The minimum atomic E-state index is -2.51. The Morgan fingerprint density at radius 1 is 1.25 bits per heavy atom. The van der Waals surface area contributed by atoms with E-state index in [9.17, 15) is 18.0 Å². The summed E-state index contributed by atoms with van der Waals surface area (Å²) in [6, 6.07) is 5.68. The average molecular weight is 469 g/mol. The molecule has 0 spiro atoms. The Labute approximate surface area is 186 Å². The van der Waals surface area contributed by atoms with E-state index < -0.39 is 18.8 Å². The summed E-state index contributed by atoms with van der Waals surface area (Å²) in [6.07, 6.45) is -1.28. The number of hydrogen-bond acceptors (Lipinski definition) is 6. The Kier molecular flexibility index (Phi) is 6.47. The molecule has 2 aromatic heterocycles. The van der Waals surface area contributed by atoms with Gasteiger partial charge >= 0.3 is 0 Å². The molecule has 3 heterocycles. The number of nitrogens with zero attached hydrogens (tertiary/aromatic N) is 6. The summed E-state index contributed by atoms with van der Waals surface area (Å²) in [5, 5.41) is 12.6. The van der Waals surface area contributed by atoms with Gasteiger partial charge in [0.05, 0.1) is 30.2 Å². The van der Waals surface area contributed by atoms with Gasteiger partial charge in [0, 0.05) is 36.3 Å². The monoisotopic (exact) mass is 468 g/mol. The van der Waals surface area contributed by atoms with E-state index in [-0.39, 0.29) is 28.8 Å². The Balaban J connectivity index is 1.53. The normalized spacial score (nSPS) is 14.2. The molecule has 0 atom stereocenters. The molecule has 0 aliphatic carbocycles. The van der Waals surface area contributed by atoms with E-state index in [4.69, 9.17) is 16.3 Å². The van der Waals surface area contributed by atoms with Crippen molar-refractivity contribution in [2.75, 3.05) is 24.6 Å². The smallest absolute Gasteiger partial charge is 0.269 e. The van der Waals surface area contributed by atoms with Crippen LogP contribution in [0.2, 0.25) is 5.02 Å². The summed E-state index contributed by atoms with van der Waals surface area (Å²) in [5.74, 6) is -0.543. The summed E-state index contributed by atoms with van der Waals surface area (Å²) < 4.78 is 46.8. The van der Waals surface area contributed by atoms with E-state index in [0.717, 1.165) is 0 Å². The predicted molar refractivity (Wildman–Crippen MR) is 112 cm³/mol. The molecule has 1 aromatic carbocycles. The molecule has 8 nitrogen and oxygen atoms in total. The maximum atomic E-state index is 14.5. The molecule has 0 radical (unpaired) electrons. The zero-order valence-electron chi connectivity index (χ0n) is 17.1. The molecule has 1 aliphatic rings. The fourth-order valence-electron chi connectivity index (χ4n) is 3.45. The molecule has 1 fully saturated rings. The van der Waals surface area contributed by atoms with Gasteiger partial charge in [0.2, 0.25) is 0 Å². The first-order valence-electron chi connectivity index (χ1n) is 9.95. The van der Waals surface area contributed by atoms with Gasteiger partial charge in [-0.25, -0.2) is 22.5 Å². The molecule has 0 amide bonds. The van der Waals surface area contributed by atoms with Crippen LogP contribution in [0.25, 0.3) is 11.3 Å². The van der Waals surface area contributed by atoms with Crippen LogP contribution >= 0.6 is 11.6 Å². The molecule has 0 saturated carbocycles. The van der Waals surface area contributed by atoms with E-state index in [0.29, 0.717) is 36.7 Å². The molecule has 32 heavy (non-hydrogen) atoms. The summed E-state index contributed by atoms with van der Waals surface area (Å²) in [4.78, 5) is 14.5. The standard InChI is InChI=1S/C20H20ClF3N6O2/c1-2-29-17(20(26-27-29)15-4-3-12(21)5-16(15)22)10-30-19(31)6-13(7-25-30)28-8-14(9-28)32-11-18(23)24/h3-7,14,18H,2,8-11H2,1H3. The van der Waals surface area contributed by atoms with E-state index in [2.05, 4.69) is 15.4 Å². The van der Waals surface area contributed by atoms with Crippen molar-refractivity contribution in [3.05, 3.63) is 57.3 Å². The van der Waals surface area contributed by atoms with E-state index in [1.807, 2.05) is 11.8 Å². The Morgan fingerprint density at radius 3 is 2.69 bits per heavy atom. The highest BCUT2D eigenvalue weighted by Gasteiger charge is 2.29.